The topological polar surface area (TPSA) is 218 Å². The maximum Gasteiger partial charge on any atom is 0.257 e. The number of nitrogens with one attached hydrogen (secondary N) is 4. The maximum absolute atomic E-state index is 13.4. The summed E-state index contributed by atoms with van der Waals surface area (Å²) < 4.78 is 11.0. The molecular formula is C37H50N8O8. The van der Waals surface area contributed by atoms with E-state index in [1.807, 2.05) is 19.9 Å². The fourth-order valence-electron chi connectivity index (χ4n) is 5.69. The Kier molecular flexibility index (Phi) is 15.7. The lowest BCUT2D eigenvalue weighted by Gasteiger charge is -2.26. The zero-order valence-electron chi connectivity index (χ0n) is 30.5. The zero-order chi connectivity index (χ0) is 38.2. The molecule has 0 spiro atoms. The highest BCUT2D eigenvalue weighted by Gasteiger charge is 2.30. The van der Waals surface area contributed by atoms with Crippen molar-refractivity contribution in [3.63, 3.8) is 0 Å². The van der Waals surface area contributed by atoms with Crippen LogP contribution in [0.25, 0.3) is 11.4 Å². The van der Waals surface area contributed by atoms with Crippen molar-refractivity contribution in [3.05, 3.63) is 60.2 Å². The van der Waals surface area contributed by atoms with Crippen molar-refractivity contribution in [2.24, 2.45) is 5.92 Å². The van der Waals surface area contributed by atoms with E-state index < -0.39 is 35.9 Å². The van der Waals surface area contributed by atoms with E-state index in [9.17, 15) is 29.1 Å². The first-order valence-corrected chi connectivity index (χ1v) is 18.0. The van der Waals surface area contributed by atoms with Crippen LogP contribution < -0.4 is 26.0 Å². The molecule has 1 aliphatic heterocycles. The number of fused-ring (bicyclic) bond motifs is 2. The van der Waals surface area contributed by atoms with Crippen molar-refractivity contribution in [2.75, 3.05) is 32.8 Å². The molecule has 0 unspecified atom stereocenters. The highest BCUT2D eigenvalue weighted by Crippen LogP contribution is 2.16. The fourth-order valence-corrected chi connectivity index (χ4v) is 5.69. The van der Waals surface area contributed by atoms with Crippen LogP contribution in [0, 0.1) is 5.92 Å². The van der Waals surface area contributed by atoms with Gasteiger partial charge in [-0.1, -0.05) is 31.1 Å². The summed E-state index contributed by atoms with van der Waals surface area (Å²) in [6.07, 6.45) is 4.21. The van der Waals surface area contributed by atoms with E-state index >= 15 is 0 Å². The number of aryl methyl sites for hydroxylation is 1. The van der Waals surface area contributed by atoms with E-state index in [2.05, 4.69) is 36.4 Å². The first-order valence-electron chi connectivity index (χ1n) is 18.0. The van der Waals surface area contributed by atoms with Gasteiger partial charge in [0.2, 0.25) is 35.3 Å². The first-order chi connectivity index (χ1) is 25.5. The van der Waals surface area contributed by atoms with E-state index in [0.29, 0.717) is 73.9 Å². The molecule has 5 N–H and O–H groups in total. The number of benzene rings is 1. The molecule has 2 aromatic heterocycles. The predicted molar refractivity (Wildman–Crippen MR) is 193 cm³/mol. The van der Waals surface area contributed by atoms with Gasteiger partial charge >= 0.3 is 0 Å². The number of rotatable bonds is 7. The number of hydrogen-bond donors (Lipinski definition) is 5. The van der Waals surface area contributed by atoms with Crippen molar-refractivity contribution < 1.29 is 38.3 Å². The Bertz CT molecular complexity index is 1660. The Labute approximate surface area is 308 Å². The molecule has 0 saturated heterocycles. The van der Waals surface area contributed by atoms with Crippen molar-refractivity contribution in [1.82, 2.24) is 41.3 Å². The molecule has 0 aliphatic carbocycles. The van der Waals surface area contributed by atoms with Gasteiger partial charge in [0.25, 0.3) is 5.91 Å². The average Bonchev–Trinajstić information content (AvgIpc) is 3.61. The summed E-state index contributed by atoms with van der Waals surface area (Å²) >= 11 is 0. The molecule has 16 heteroatoms. The first kappa shape index (κ1) is 40.4. The van der Waals surface area contributed by atoms with Crippen molar-refractivity contribution >= 4 is 29.5 Å². The molecule has 16 nitrogen and oxygen atoms in total. The van der Waals surface area contributed by atoms with Crippen LogP contribution in [0.1, 0.15) is 64.3 Å². The Hall–Kier alpha value is -5.38. The molecule has 3 atom stereocenters. The summed E-state index contributed by atoms with van der Waals surface area (Å²) in [5.41, 5.74) is 1.31. The summed E-state index contributed by atoms with van der Waals surface area (Å²) in [4.78, 5) is 75.6. The number of pyridine rings is 1. The molecule has 0 radical (unpaired) electrons. The standard InChI is InChI=1S/C37H50N8O8/c1-24(2)19-29-36(50)43-34(25(3)46)37(51)40-15-4-5-17-45(33(49)13-12-32-42-35(44-53-32)27-10-7-14-38-22-27)18-8-16-39-31(48)23-52-28-11-6-9-26(20-28)21-30(47)41-29/h6-7,9-11,14,20,22,24-25,29,34,46H,4-5,8,12-13,15-19,21,23H2,1-3H3,(H,39,48)(H,40,51)(H,41,47)(H,43,50)/t25-,29-,34+/m1/s1. The van der Waals surface area contributed by atoms with Crippen molar-refractivity contribution in [1.29, 1.82) is 0 Å². The van der Waals surface area contributed by atoms with Gasteiger partial charge in [-0.25, -0.2) is 0 Å². The van der Waals surface area contributed by atoms with Gasteiger partial charge in [-0.2, -0.15) is 4.98 Å². The highest BCUT2D eigenvalue weighted by atomic mass is 16.5. The minimum absolute atomic E-state index is 0.0371. The Balaban J connectivity index is 1.43. The van der Waals surface area contributed by atoms with Crippen LogP contribution in [-0.2, 0) is 36.8 Å². The fraction of sp³-hybridized carbons (Fsp3) is 0.514. The lowest BCUT2D eigenvalue weighted by atomic mass is 10.0. The SMILES string of the molecule is CC(C)C[C@H]1NC(=O)Cc2cccc(c2)OCC(=O)NCCCN(C(=O)CCc2nc(-c3cccnc3)no2)CCCCNC(=O)[C@H]([C@@H](C)O)NC1=O. The second-order valence-corrected chi connectivity index (χ2v) is 13.4. The number of carbonyl (C=O) groups excluding carboxylic acids is 5. The van der Waals surface area contributed by atoms with Gasteiger partial charge < -0.3 is 40.5 Å². The minimum Gasteiger partial charge on any atom is -0.484 e. The molecule has 1 aliphatic rings. The average molecular weight is 735 g/mol. The van der Waals surface area contributed by atoms with E-state index in [4.69, 9.17) is 9.26 Å². The maximum atomic E-state index is 13.4. The normalized spacial score (nSPS) is 19.5. The number of amides is 5. The second-order valence-electron chi connectivity index (χ2n) is 13.4. The molecule has 286 valence electrons. The third-order valence-corrected chi connectivity index (χ3v) is 8.43. The van der Waals surface area contributed by atoms with Gasteiger partial charge in [0.1, 0.15) is 17.8 Å². The molecule has 5 amide bonds. The number of hydrogen-bond acceptors (Lipinski definition) is 11. The molecule has 2 bridgehead atoms. The number of aliphatic hydroxyl groups is 1. The van der Waals surface area contributed by atoms with Gasteiger partial charge in [0.15, 0.2) is 6.61 Å². The molecule has 1 aromatic carbocycles. The van der Waals surface area contributed by atoms with Crippen LogP contribution >= 0.6 is 0 Å². The van der Waals surface area contributed by atoms with Gasteiger partial charge in [-0.15, -0.1) is 0 Å². The van der Waals surface area contributed by atoms with Gasteiger partial charge in [-0.05, 0) is 68.4 Å². The van der Waals surface area contributed by atoms with Crippen LogP contribution in [0.3, 0.4) is 0 Å². The molecule has 0 fully saturated rings. The lowest BCUT2D eigenvalue weighted by molar-refractivity contribution is -0.134. The van der Waals surface area contributed by atoms with E-state index in [1.54, 1.807) is 47.6 Å². The Morgan fingerprint density at radius 1 is 0.962 bits per heavy atom. The monoisotopic (exact) mass is 734 g/mol. The number of aliphatic hydroxyl groups excluding tert-OH is 1. The van der Waals surface area contributed by atoms with Crippen LogP contribution in [-0.4, -0.2) is 106 Å². The third-order valence-electron chi connectivity index (χ3n) is 8.43. The van der Waals surface area contributed by atoms with E-state index in [1.165, 1.54) is 6.92 Å². The van der Waals surface area contributed by atoms with E-state index in [0.717, 1.165) is 0 Å². The molecule has 53 heavy (non-hydrogen) atoms. The summed E-state index contributed by atoms with van der Waals surface area (Å²) in [6, 6.07) is 8.14. The van der Waals surface area contributed by atoms with Gasteiger partial charge in [-0.3, -0.25) is 29.0 Å². The summed E-state index contributed by atoms with van der Waals surface area (Å²) in [5, 5.41) is 25.4. The summed E-state index contributed by atoms with van der Waals surface area (Å²) in [5.74, 6) is -0.901. The van der Waals surface area contributed by atoms with Gasteiger partial charge in [0, 0.05) is 57.0 Å². The smallest absolute Gasteiger partial charge is 0.257 e. The Morgan fingerprint density at radius 3 is 2.51 bits per heavy atom. The zero-order valence-corrected chi connectivity index (χ0v) is 30.5. The number of ether oxygens (including phenoxy) is 1. The number of nitrogens with zero attached hydrogens (tertiary/aromatic N) is 4. The molecule has 0 saturated carbocycles. The predicted octanol–water partition coefficient (Wildman–Crippen LogP) is 1.33. The summed E-state index contributed by atoms with van der Waals surface area (Å²) in [6.45, 7) is 6.28. The summed E-state index contributed by atoms with van der Waals surface area (Å²) in [7, 11) is 0. The highest BCUT2D eigenvalue weighted by molar-refractivity contribution is 5.92. The van der Waals surface area contributed by atoms with Crippen molar-refractivity contribution in [2.45, 2.75) is 83.9 Å². The Morgan fingerprint density at radius 2 is 1.75 bits per heavy atom. The van der Waals surface area contributed by atoms with Crippen LogP contribution in [0.15, 0.2) is 53.3 Å². The number of aromatic nitrogens is 3. The van der Waals surface area contributed by atoms with Gasteiger partial charge in [0.05, 0.1) is 12.5 Å². The largest absolute Gasteiger partial charge is 0.484 e. The molecule has 4 rings (SSSR count). The number of carbonyl (C=O) groups is 5. The lowest BCUT2D eigenvalue weighted by Crippen LogP contribution is -2.57. The molecular weight excluding hydrogens is 684 g/mol. The quantitative estimate of drug-likeness (QED) is 0.233. The molecule has 3 aromatic rings. The second kappa shape index (κ2) is 20.6. The van der Waals surface area contributed by atoms with Crippen LogP contribution in [0.4, 0.5) is 0 Å². The van der Waals surface area contributed by atoms with Crippen molar-refractivity contribution in [3.8, 4) is 17.1 Å². The molecule has 3 heterocycles. The third kappa shape index (κ3) is 13.6. The minimum atomic E-state index is -1.25. The van der Waals surface area contributed by atoms with Crippen LogP contribution in [0.2, 0.25) is 0 Å². The van der Waals surface area contributed by atoms with Crippen LogP contribution in [0.5, 0.6) is 5.75 Å². The van der Waals surface area contributed by atoms with E-state index in [-0.39, 0.29) is 50.1 Å².